The fourth-order valence-corrected chi connectivity index (χ4v) is 3.13. The zero-order chi connectivity index (χ0) is 15.3. The lowest BCUT2D eigenvalue weighted by molar-refractivity contribution is -0.508. The maximum absolute atomic E-state index is 12.0. The zero-order valence-electron chi connectivity index (χ0n) is 13.4. The Labute approximate surface area is 128 Å². The molecule has 0 aromatic heterocycles. The summed E-state index contributed by atoms with van der Waals surface area (Å²) in [5.41, 5.74) is 0. The molecule has 0 aromatic carbocycles. The van der Waals surface area contributed by atoms with Gasteiger partial charge in [-0.15, -0.1) is 0 Å². The molecule has 0 saturated heterocycles. The Morgan fingerprint density at radius 1 is 0.714 bits per heavy atom. The molecule has 1 fully saturated rings. The van der Waals surface area contributed by atoms with E-state index < -0.39 is 6.04 Å². The van der Waals surface area contributed by atoms with Crippen molar-refractivity contribution in [3.63, 3.8) is 0 Å². The third-order valence-corrected chi connectivity index (χ3v) is 4.53. The molecule has 0 amide bonds. The number of hydrogen-bond donors (Lipinski definition) is 0. The quantitative estimate of drug-likeness (QED) is 0.501. The van der Waals surface area contributed by atoms with Crippen molar-refractivity contribution in [2.24, 2.45) is 0 Å². The Bertz CT molecular complexity index is 304. The second kappa shape index (κ2) is 11.7. The average Bonchev–Trinajstić information content (AvgIpc) is 2.45. The lowest BCUT2D eigenvalue weighted by Gasteiger charge is -2.08. The summed E-state index contributed by atoms with van der Waals surface area (Å²) in [6.45, 7) is 0. The number of Topliss-reactive ketones (excluding diaryl/α,β-unsaturated/α-hetero) is 1. The van der Waals surface area contributed by atoms with Gasteiger partial charge in [-0.2, -0.15) is 0 Å². The molecule has 1 atom stereocenters. The maximum Gasteiger partial charge on any atom is 0.270 e. The summed E-state index contributed by atoms with van der Waals surface area (Å²) >= 11 is 0. The summed E-state index contributed by atoms with van der Waals surface area (Å²) in [6.07, 6.45) is 15.9. The third kappa shape index (κ3) is 8.84. The Balaban J connectivity index is 2.38. The van der Waals surface area contributed by atoms with Gasteiger partial charge in [-0.1, -0.05) is 70.6 Å². The summed E-state index contributed by atoms with van der Waals surface area (Å²) in [7, 11) is 0. The molecule has 0 radical (unpaired) electrons. The first kappa shape index (κ1) is 18.1. The number of ketones is 1. The molecular weight excluding hydrogens is 266 g/mol. The Kier molecular flexibility index (Phi) is 10.1. The van der Waals surface area contributed by atoms with Crippen LogP contribution in [0.15, 0.2) is 0 Å². The molecule has 0 heterocycles. The predicted molar refractivity (Wildman–Crippen MR) is 85.0 cm³/mol. The standard InChI is InChI=1S/C17H31NO3/c19-17-15-13-11-9-7-5-3-1-2-4-6-8-10-12-14-16(17)18(20)21/h16H,1-15H2. The SMILES string of the molecule is O=C1CCCCCCCCCCCCCCCC1[N+](=O)[O-]. The molecule has 1 rings (SSSR count). The third-order valence-electron chi connectivity index (χ3n) is 4.53. The molecule has 1 saturated carbocycles. The largest absolute Gasteiger partial charge is 0.292 e. The van der Waals surface area contributed by atoms with E-state index in [0.717, 1.165) is 38.5 Å². The summed E-state index contributed by atoms with van der Waals surface area (Å²) in [5, 5.41) is 11.0. The van der Waals surface area contributed by atoms with Crippen LogP contribution in [0.5, 0.6) is 0 Å². The van der Waals surface area contributed by atoms with Crippen molar-refractivity contribution >= 4 is 5.78 Å². The van der Waals surface area contributed by atoms with Crippen LogP contribution in [-0.4, -0.2) is 16.7 Å². The first-order chi connectivity index (χ1) is 10.2. The molecule has 1 aliphatic carbocycles. The van der Waals surface area contributed by atoms with Crippen LogP contribution in [-0.2, 0) is 4.79 Å². The van der Waals surface area contributed by atoms with Gasteiger partial charge < -0.3 is 0 Å². The van der Waals surface area contributed by atoms with Crippen LogP contribution in [0.1, 0.15) is 96.3 Å². The van der Waals surface area contributed by atoms with Gasteiger partial charge in [0.05, 0.1) is 0 Å². The highest BCUT2D eigenvalue weighted by molar-refractivity contribution is 5.82. The minimum absolute atomic E-state index is 0.149. The van der Waals surface area contributed by atoms with Crippen LogP contribution in [0.25, 0.3) is 0 Å². The number of nitrogens with zero attached hydrogens (tertiary/aromatic N) is 1. The summed E-state index contributed by atoms with van der Waals surface area (Å²) in [5.74, 6) is -0.149. The second-order valence-electron chi connectivity index (χ2n) is 6.40. The number of nitro groups is 1. The molecule has 0 aliphatic heterocycles. The number of hydrogen-bond acceptors (Lipinski definition) is 3. The van der Waals surface area contributed by atoms with Gasteiger partial charge in [0, 0.05) is 17.8 Å². The molecule has 0 N–H and O–H groups in total. The van der Waals surface area contributed by atoms with Crippen molar-refractivity contribution in [1.29, 1.82) is 0 Å². The monoisotopic (exact) mass is 297 g/mol. The second-order valence-corrected chi connectivity index (χ2v) is 6.40. The average molecular weight is 297 g/mol. The van der Waals surface area contributed by atoms with E-state index in [4.69, 9.17) is 0 Å². The fourth-order valence-electron chi connectivity index (χ4n) is 3.13. The molecule has 21 heavy (non-hydrogen) atoms. The van der Waals surface area contributed by atoms with Gasteiger partial charge in [-0.25, -0.2) is 0 Å². The Morgan fingerprint density at radius 2 is 1.10 bits per heavy atom. The molecule has 0 bridgehead atoms. The molecule has 0 aromatic rings. The van der Waals surface area contributed by atoms with E-state index in [-0.39, 0.29) is 10.7 Å². The first-order valence-corrected chi connectivity index (χ1v) is 8.88. The van der Waals surface area contributed by atoms with Gasteiger partial charge in [-0.3, -0.25) is 14.9 Å². The predicted octanol–water partition coefficient (Wildman–Crippen LogP) is 5.07. The van der Waals surface area contributed by atoms with E-state index in [2.05, 4.69) is 0 Å². The highest BCUT2D eigenvalue weighted by atomic mass is 16.6. The molecule has 1 aliphatic rings. The summed E-state index contributed by atoms with van der Waals surface area (Å²) < 4.78 is 0. The van der Waals surface area contributed by atoms with Crippen molar-refractivity contribution in [3.05, 3.63) is 10.1 Å². The van der Waals surface area contributed by atoms with Gasteiger partial charge in [0.2, 0.25) is 5.78 Å². The minimum Gasteiger partial charge on any atom is -0.292 e. The highest BCUT2D eigenvalue weighted by Crippen LogP contribution is 2.16. The van der Waals surface area contributed by atoms with Crippen molar-refractivity contribution in [2.45, 2.75) is 102 Å². The highest BCUT2D eigenvalue weighted by Gasteiger charge is 2.27. The topological polar surface area (TPSA) is 60.2 Å². The Morgan fingerprint density at radius 3 is 1.52 bits per heavy atom. The van der Waals surface area contributed by atoms with E-state index >= 15 is 0 Å². The van der Waals surface area contributed by atoms with Crippen molar-refractivity contribution in [1.82, 2.24) is 0 Å². The van der Waals surface area contributed by atoms with Crippen LogP contribution in [0.2, 0.25) is 0 Å². The molecular formula is C17H31NO3. The number of carbonyl (C=O) groups excluding carboxylic acids is 1. The van der Waals surface area contributed by atoms with Gasteiger partial charge >= 0.3 is 0 Å². The fraction of sp³-hybridized carbons (Fsp3) is 0.941. The minimum atomic E-state index is -0.944. The van der Waals surface area contributed by atoms with Crippen molar-refractivity contribution in [2.75, 3.05) is 0 Å². The lowest BCUT2D eigenvalue weighted by atomic mass is 9.99. The van der Waals surface area contributed by atoms with E-state index in [0.29, 0.717) is 12.8 Å². The van der Waals surface area contributed by atoms with Gasteiger partial charge in [0.25, 0.3) is 6.04 Å². The normalized spacial score (nSPS) is 25.1. The summed E-state index contributed by atoms with van der Waals surface area (Å²) in [4.78, 5) is 22.6. The van der Waals surface area contributed by atoms with Crippen LogP contribution >= 0.6 is 0 Å². The van der Waals surface area contributed by atoms with E-state index in [1.807, 2.05) is 0 Å². The maximum atomic E-state index is 12.0. The van der Waals surface area contributed by atoms with E-state index in [1.54, 1.807) is 0 Å². The van der Waals surface area contributed by atoms with E-state index in [9.17, 15) is 14.9 Å². The molecule has 4 heteroatoms. The Hall–Kier alpha value is -0.930. The molecule has 122 valence electrons. The van der Waals surface area contributed by atoms with Crippen LogP contribution in [0.4, 0.5) is 0 Å². The molecule has 0 spiro atoms. The van der Waals surface area contributed by atoms with Crippen LogP contribution in [0, 0.1) is 10.1 Å². The van der Waals surface area contributed by atoms with Gasteiger partial charge in [-0.05, 0) is 12.8 Å². The van der Waals surface area contributed by atoms with Gasteiger partial charge in [0.1, 0.15) is 0 Å². The van der Waals surface area contributed by atoms with Crippen LogP contribution < -0.4 is 0 Å². The number of rotatable bonds is 1. The van der Waals surface area contributed by atoms with Crippen molar-refractivity contribution in [3.8, 4) is 0 Å². The smallest absolute Gasteiger partial charge is 0.270 e. The number of carbonyl (C=O) groups is 1. The lowest BCUT2D eigenvalue weighted by Crippen LogP contribution is -2.29. The van der Waals surface area contributed by atoms with E-state index in [1.165, 1.54) is 44.9 Å². The summed E-state index contributed by atoms with van der Waals surface area (Å²) in [6, 6.07) is -0.944. The van der Waals surface area contributed by atoms with Gasteiger partial charge in [0.15, 0.2) is 0 Å². The molecule has 4 nitrogen and oxygen atoms in total. The van der Waals surface area contributed by atoms with Crippen LogP contribution in [0.3, 0.4) is 0 Å². The molecule has 1 unspecified atom stereocenters. The first-order valence-electron chi connectivity index (χ1n) is 8.88. The zero-order valence-corrected chi connectivity index (χ0v) is 13.4. The van der Waals surface area contributed by atoms with Crippen molar-refractivity contribution < 1.29 is 9.72 Å².